The van der Waals surface area contributed by atoms with E-state index in [2.05, 4.69) is 17.9 Å². The van der Waals surface area contributed by atoms with E-state index in [1.807, 2.05) is 53.8 Å². The number of ketones is 1. The zero-order chi connectivity index (χ0) is 30.8. The van der Waals surface area contributed by atoms with Gasteiger partial charge in [0.2, 0.25) is 5.91 Å². The summed E-state index contributed by atoms with van der Waals surface area (Å²) in [6.45, 7) is -0.00244. The first kappa shape index (κ1) is 32.1. The molecule has 3 atom stereocenters. The second-order valence-corrected chi connectivity index (χ2v) is 10.3. The lowest BCUT2D eigenvalue weighted by molar-refractivity contribution is -0.148. The number of hydrogen-bond acceptors (Lipinski definition) is 8. The molecule has 0 saturated carbocycles. The average molecular weight is 601 g/mol. The number of rotatable bonds is 16. The van der Waals surface area contributed by atoms with E-state index in [-0.39, 0.29) is 18.9 Å². The highest BCUT2D eigenvalue weighted by molar-refractivity contribution is 7.80. The summed E-state index contributed by atoms with van der Waals surface area (Å²) in [5.74, 6) is -7.66. The minimum atomic E-state index is -1.82. The Morgan fingerprint density at radius 1 is 0.786 bits per heavy atom. The molecule has 0 radical (unpaired) electrons. The van der Waals surface area contributed by atoms with E-state index in [0.29, 0.717) is 12.2 Å². The zero-order valence-electron chi connectivity index (χ0n) is 22.5. The predicted molar refractivity (Wildman–Crippen MR) is 152 cm³/mol. The summed E-state index contributed by atoms with van der Waals surface area (Å²) in [6, 6.07) is 12.6. The van der Waals surface area contributed by atoms with Gasteiger partial charge in [0.05, 0.1) is 24.8 Å². The number of carboxylic acid groups (broad SMARTS) is 3. The van der Waals surface area contributed by atoms with Crippen LogP contribution in [0.4, 0.5) is 4.79 Å². The molecule has 2 aromatic rings. The minimum absolute atomic E-state index is 0.00244. The fourth-order valence-corrected chi connectivity index (χ4v) is 5.09. The molecule has 0 fully saturated rings. The van der Waals surface area contributed by atoms with Gasteiger partial charge >= 0.3 is 24.0 Å². The van der Waals surface area contributed by atoms with Crippen molar-refractivity contribution < 1.29 is 48.8 Å². The highest BCUT2D eigenvalue weighted by atomic mass is 32.1. The van der Waals surface area contributed by atoms with E-state index in [0.717, 1.165) is 22.3 Å². The highest BCUT2D eigenvalue weighted by Gasteiger charge is 2.33. The Morgan fingerprint density at radius 2 is 1.36 bits per heavy atom. The molecule has 0 aliphatic heterocycles. The zero-order valence-corrected chi connectivity index (χ0v) is 23.4. The molecule has 3 unspecified atom stereocenters. The molecule has 0 saturated heterocycles. The van der Waals surface area contributed by atoms with Crippen LogP contribution in [0.3, 0.4) is 0 Å². The summed E-state index contributed by atoms with van der Waals surface area (Å²) in [6.07, 6.45) is -2.74. The SMILES string of the molecule is O=C(O)CC(CC(=O)C(CCCS)NC(=O)OCC1c2ccccc2-c2ccccc21)C(=O)NC(CC(=O)O)C(=O)O. The molecule has 0 heterocycles. The number of thiol groups is 1. The Bertz CT molecular complexity index is 1300. The van der Waals surface area contributed by atoms with Gasteiger partial charge in [-0.2, -0.15) is 12.6 Å². The Balaban J connectivity index is 1.68. The van der Waals surface area contributed by atoms with Gasteiger partial charge in [-0.1, -0.05) is 48.5 Å². The third-order valence-corrected chi connectivity index (χ3v) is 7.22. The number of aliphatic carboxylic acids is 3. The monoisotopic (exact) mass is 600 g/mol. The van der Waals surface area contributed by atoms with Crippen molar-refractivity contribution in [2.45, 2.75) is 50.1 Å². The van der Waals surface area contributed by atoms with Gasteiger partial charge < -0.3 is 30.7 Å². The topological polar surface area (TPSA) is 196 Å². The largest absolute Gasteiger partial charge is 0.481 e. The van der Waals surface area contributed by atoms with Gasteiger partial charge in [0.15, 0.2) is 5.78 Å². The van der Waals surface area contributed by atoms with E-state index >= 15 is 0 Å². The van der Waals surface area contributed by atoms with Crippen molar-refractivity contribution in [1.29, 1.82) is 0 Å². The molecule has 12 nitrogen and oxygen atoms in total. The average Bonchev–Trinajstić information content (AvgIpc) is 3.26. The molecular formula is C29H32N2O10S. The molecule has 5 N–H and O–H groups in total. The van der Waals surface area contributed by atoms with Gasteiger partial charge in [-0.05, 0) is 40.8 Å². The molecule has 3 rings (SSSR count). The molecule has 0 spiro atoms. The molecule has 13 heteroatoms. The smallest absolute Gasteiger partial charge is 0.407 e. The maximum Gasteiger partial charge on any atom is 0.407 e. The fourth-order valence-electron chi connectivity index (χ4n) is 4.91. The molecule has 1 aliphatic rings. The molecule has 224 valence electrons. The number of fused-ring (bicyclic) bond motifs is 3. The Hall–Kier alpha value is -4.39. The highest BCUT2D eigenvalue weighted by Crippen LogP contribution is 2.44. The van der Waals surface area contributed by atoms with Crippen molar-refractivity contribution in [2.75, 3.05) is 12.4 Å². The number of carbonyl (C=O) groups is 6. The van der Waals surface area contributed by atoms with Crippen molar-refractivity contribution in [1.82, 2.24) is 10.6 Å². The van der Waals surface area contributed by atoms with Gasteiger partial charge in [-0.3, -0.25) is 19.2 Å². The predicted octanol–water partition coefficient (Wildman–Crippen LogP) is 2.70. The van der Waals surface area contributed by atoms with Crippen molar-refractivity contribution >= 4 is 48.3 Å². The molecule has 2 amide bonds. The van der Waals surface area contributed by atoms with Gasteiger partial charge in [-0.15, -0.1) is 0 Å². The van der Waals surface area contributed by atoms with Gasteiger partial charge in [-0.25, -0.2) is 9.59 Å². The number of nitrogens with one attached hydrogen (secondary N) is 2. The number of amides is 2. The van der Waals surface area contributed by atoms with Crippen LogP contribution < -0.4 is 10.6 Å². The second-order valence-electron chi connectivity index (χ2n) is 9.85. The van der Waals surface area contributed by atoms with Crippen LogP contribution in [-0.2, 0) is 28.7 Å². The van der Waals surface area contributed by atoms with E-state index in [9.17, 15) is 39.0 Å². The summed E-state index contributed by atoms with van der Waals surface area (Å²) >= 11 is 4.14. The Kier molecular flexibility index (Phi) is 11.5. The first-order valence-electron chi connectivity index (χ1n) is 13.2. The molecule has 42 heavy (non-hydrogen) atoms. The summed E-state index contributed by atoms with van der Waals surface area (Å²) in [4.78, 5) is 72.4. The lowest BCUT2D eigenvalue weighted by Gasteiger charge is -2.22. The van der Waals surface area contributed by atoms with Gasteiger partial charge in [0.1, 0.15) is 12.6 Å². The van der Waals surface area contributed by atoms with Crippen LogP contribution in [0.2, 0.25) is 0 Å². The molecule has 0 aromatic heterocycles. The van der Waals surface area contributed by atoms with E-state index < -0.39 is 73.0 Å². The summed E-state index contributed by atoms with van der Waals surface area (Å²) in [5, 5.41) is 31.9. The molecule has 0 bridgehead atoms. The summed E-state index contributed by atoms with van der Waals surface area (Å²) in [5.41, 5.74) is 4.08. The Labute approximate surface area is 246 Å². The number of carbonyl (C=O) groups excluding carboxylic acids is 3. The fraction of sp³-hybridized carbons (Fsp3) is 0.379. The lowest BCUT2D eigenvalue weighted by atomic mass is 9.92. The maximum atomic E-state index is 13.2. The first-order chi connectivity index (χ1) is 20.0. The van der Waals surface area contributed by atoms with Crippen molar-refractivity contribution in [3.05, 3.63) is 59.7 Å². The lowest BCUT2D eigenvalue weighted by Crippen LogP contribution is -2.47. The number of Topliss-reactive ketones (excluding diaryl/α,β-unsaturated/α-hetero) is 1. The van der Waals surface area contributed by atoms with Crippen molar-refractivity contribution in [3.8, 4) is 11.1 Å². The summed E-state index contributed by atoms with van der Waals surface area (Å²) < 4.78 is 5.52. The van der Waals surface area contributed by atoms with Gasteiger partial charge in [0, 0.05) is 12.3 Å². The normalized spacial score (nSPS) is 14.0. The maximum absolute atomic E-state index is 13.2. The quantitative estimate of drug-likeness (QED) is 0.156. The van der Waals surface area contributed by atoms with Crippen LogP contribution in [0.1, 0.15) is 49.1 Å². The number of hydrogen-bond donors (Lipinski definition) is 6. The molecule has 2 aromatic carbocycles. The molecular weight excluding hydrogens is 568 g/mol. The number of alkyl carbamates (subject to hydrolysis) is 1. The third kappa shape index (κ3) is 8.56. The van der Waals surface area contributed by atoms with E-state index in [4.69, 9.17) is 9.84 Å². The van der Waals surface area contributed by atoms with Crippen LogP contribution >= 0.6 is 12.6 Å². The third-order valence-electron chi connectivity index (χ3n) is 6.91. The van der Waals surface area contributed by atoms with Crippen LogP contribution in [0.15, 0.2) is 48.5 Å². The standard InChI is InChI=1S/C29H32N2O10S/c32-24(12-16(13-25(33)34)27(37)30-23(28(38)39)14-26(35)36)22(10-5-11-42)31-29(40)41-15-21-19-8-3-1-6-17(19)18-7-2-4-9-20(18)21/h1-4,6-9,16,21-23,42H,5,10-15H2,(H,30,37)(H,31,40)(H,33,34)(H,35,36)(H,38,39). The Morgan fingerprint density at radius 3 is 1.88 bits per heavy atom. The van der Waals surface area contributed by atoms with Crippen LogP contribution in [-0.4, -0.2) is 75.5 Å². The van der Waals surface area contributed by atoms with Crippen molar-refractivity contribution in [2.24, 2.45) is 5.92 Å². The van der Waals surface area contributed by atoms with E-state index in [1.165, 1.54) is 0 Å². The van der Waals surface area contributed by atoms with E-state index in [1.54, 1.807) is 0 Å². The minimum Gasteiger partial charge on any atom is -0.481 e. The number of benzene rings is 2. The second kappa shape index (κ2) is 15.0. The van der Waals surface area contributed by atoms with Crippen LogP contribution in [0.5, 0.6) is 0 Å². The van der Waals surface area contributed by atoms with Crippen LogP contribution in [0.25, 0.3) is 11.1 Å². The first-order valence-corrected chi connectivity index (χ1v) is 13.9. The number of carboxylic acids is 3. The van der Waals surface area contributed by atoms with Gasteiger partial charge in [0.25, 0.3) is 0 Å². The van der Waals surface area contributed by atoms with Crippen molar-refractivity contribution in [3.63, 3.8) is 0 Å². The summed E-state index contributed by atoms with van der Waals surface area (Å²) in [7, 11) is 0. The van der Waals surface area contributed by atoms with Crippen LogP contribution in [0, 0.1) is 5.92 Å². The number of ether oxygens (including phenoxy) is 1. The molecule has 1 aliphatic carbocycles.